The molecule has 3 nitrogen and oxygen atoms in total. The van der Waals surface area contributed by atoms with E-state index in [1.807, 2.05) is 34.6 Å². The number of ketones is 2. The summed E-state index contributed by atoms with van der Waals surface area (Å²) in [6.45, 7) is 9.62. The Bertz CT molecular complexity index is 570. The first-order valence-electron chi connectivity index (χ1n) is 7.50. The summed E-state index contributed by atoms with van der Waals surface area (Å²) >= 11 is 0. The lowest BCUT2D eigenvalue weighted by Crippen LogP contribution is -2.48. The van der Waals surface area contributed by atoms with E-state index in [1.165, 1.54) is 0 Å². The molecule has 0 amide bonds. The van der Waals surface area contributed by atoms with E-state index < -0.39 is 16.7 Å². The molecule has 1 aliphatic carbocycles. The summed E-state index contributed by atoms with van der Waals surface area (Å²) in [4.78, 5) is 25.6. The van der Waals surface area contributed by atoms with Gasteiger partial charge >= 0.3 is 0 Å². The standard InChI is InChI=1S/C18H24O3/c1-6-11-7-8-12(19)9-13(11)14-15(20)17(2,3)10-18(4,5)16(14)21/h7-9,14,19H,6,10H2,1-5H3. The van der Waals surface area contributed by atoms with E-state index in [1.54, 1.807) is 18.2 Å². The molecule has 0 atom stereocenters. The fourth-order valence-corrected chi connectivity index (χ4v) is 3.64. The molecule has 3 heteroatoms. The predicted octanol–water partition coefficient (Wildman–Crippen LogP) is 3.63. The zero-order valence-electron chi connectivity index (χ0n) is 13.5. The fourth-order valence-electron chi connectivity index (χ4n) is 3.64. The molecule has 0 saturated heterocycles. The number of rotatable bonds is 2. The average molecular weight is 288 g/mol. The van der Waals surface area contributed by atoms with Crippen molar-refractivity contribution in [1.29, 1.82) is 0 Å². The molecule has 1 aromatic carbocycles. The number of aryl methyl sites for hydroxylation is 1. The van der Waals surface area contributed by atoms with Gasteiger partial charge in [-0.3, -0.25) is 9.59 Å². The fraction of sp³-hybridized carbons (Fsp3) is 0.556. The van der Waals surface area contributed by atoms with Crippen LogP contribution in [0, 0.1) is 10.8 Å². The van der Waals surface area contributed by atoms with Gasteiger partial charge in [0.25, 0.3) is 0 Å². The first-order valence-corrected chi connectivity index (χ1v) is 7.50. The van der Waals surface area contributed by atoms with Crippen molar-refractivity contribution in [3.63, 3.8) is 0 Å². The smallest absolute Gasteiger partial charge is 0.153 e. The maximum atomic E-state index is 12.8. The third kappa shape index (κ3) is 2.61. The molecule has 1 fully saturated rings. The van der Waals surface area contributed by atoms with Crippen LogP contribution in [0.5, 0.6) is 5.75 Å². The molecule has 1 saturated carbocycles. The van der Waals surface area contributed by atoms with Crippen LogP contribution in [0.4, 0.5) is 0 Å². The number of carbonyl (C=O) groups is 2. The second kappa shape index (κ2) is 4.97. The molecule has 1 N–H and O–H groups in total. The van der Waals surface area contributed by atoms with Crippen molar-refractivity contribution >= 4 is 11.6 Å². The number of phenolic OH excluding ortho intramolecular Hbond substituents is 1. The lowest BCUT2D eigenvalue weighted by atomic mass is 9.58. The Kier molecular flexibility index (Phi) is 3.73. The minimum Gasteiger partial charge on any atom is -0.508 e. The molecule has 114 valence electrons. The van der Waals surface area contributed by atoms with Crippen molar-refractivity contribution in [2.24, 2.45) is 10.8 Å². The molecule has 0 spiro atoms. The largest absolute Gasteiger partial charge is 0.508 e. The molecular weight excluding hydrogens is 264 g/mol. The van der Waals surface area contributed by atoms with Gasteiger partial charge in [0, 0.05) is 10.8 Å². The first kappa shape index (κ1) is 15.7. The van der Waals surface area contributed by atoms with Gasteiger partial charge in [0.15, 0.2) is 11.6 Å². The van der Waals surface area contributed by atoms with Crippen molar-refractivity contribution in [2.75, 3.05) is 0 Å². The van der Waals surface area contributed by atoms with Crippen LogP contribution in [0.1, 0.15) is 58.1 Å². The number of carbonyl (C=O) groups excluding carboxylic acids is 2. The quantitative estimate of drug-likeness (QED) is 0.845. The number of hydrogen-bond donors (Lipinski definition) is 1. The molecule has 0 radical (unpaired) electrons. The van der Waals surface area contributed by atoms with Gasteiger partial charge in [0.05, 0.1) is 0 Å². The van der Waals surface area contributed by atoms with Gasteiger partial charge in [-0.25, -0.2) is 0 Å². The molecule has 0 bridgehead atoms. The minimum atomic E-state index is -0.759. The summed E-state index contributed by atoms with van der Waals surface area (Å²) in [6.07, 6.45) is 1.29. The van der Waals surface area contributed by atoms with Gasteiger partial charge < -0.3 is 5.11 Å². The van der Waals surface area contributed by atoms with Crippen molar-refractivity contribution in [2.45, 2.75) is 53.4 Å². The van der Waals surface area contributed by atoms with Crippen LogP contribution in [0.25, 0.3) is 0 Å². The van der Waals surface area contributed by atoms with E-state index in [4.69, 9.17) is 0 Å². The highest BCUT2D eigenvalue weighted by Gasteiger charge is 2.52. The monoisotopic (exact) mass is 288 g/mol. The zero-order valence-corrected chi connectivity index (χ0v) is 13.5. The van der Waals surface area contributed by atoms with Crippen LogP contribution >= 0.6 is 0 Å². The Morgan fingerprint density at radius 3 is 2.10 bits per heavy atom. The molecular formula is C18H24O3. The van der Waals surface area contributed by atoms with E-state index in [2.05, 4.69) is 0 Å². The summed E-state index contributed by atoms with van der Waals surface area (Å²) in [5, 5.41) is 9.77. The SMILES string of the molecule is CCc1ccc(O)cc1C1C(=O)C(C)(C)CC(C)(C)C1=O. The summed E-state index contributed by atoms with van der Waals surface area (Å²) in [7, 11) is 0. The van der Waals surface area contributed by atoms with Crippen LogP contribution in [0.15, 0.2) is 18.2 Å². The van der Waals surface area contributed by atoms with E-state index in [0.717, 1.165) is 12.0 Å². The highest BCUT2D eigenvalue weighted by atomic mass is 16.3. The lowest BCUT2D eigenvalue weighted by molar-refractivity contribution is -0.146. The highest BCUT2D eigenvalue weighted by Crippen LogP contribution is 2.48. The average Bonchev–Trinajstić information content (AvgIpc) is 2.36. The van der Waals surface area contributed by atoms with Gasteiger partial charge in [0.1, 0.15) is 11.7 Å². The van der Waals surface area contributed by atoms with Crippen LogP contribution in [-0.2, 0) is 16.0 Å². The Labute approximate surface area is 126 Å². The first-order chi connectivity index (χ1) is 9.60. The van der Waals surface area contributed by atoms with Crippen LogP contribution in [0.3, 0.4) is 0 Å². The zero-order chi connectivity index (χ0) is 16.0. The lowest BCUT2D eigenvalue weighted by Gasteiger charge is -2.42. The van der Waals surface area contributed by atoms with Gasteiger partial charge in [-0.1, -0.05) is 40.7 Å². The third-order valence-electron chi connectivity index (χ3n) is 4.56. The summed E-state index contributed by atoms with van der Waals surface area (Å²) in [5.41, 5.74) is 0.568. The van der Waals surface area contributed by atoms with Crippen LogP contribution in [-0.4, -0.2) is 16.7 Å². The Morgan fingerprint density at radius 2 is 1.62 bits per heavy atom. The van der Waals surface area contributed by atoms with Crippen molar-refractivity contribution < 1.29 is 14.7 Å². The number of benzene rings is 1. The predicted molar refractivity (Wildman–Crippen MR) is 82.4 cm³/mol. The second-order valence-corrected chi connectivity index (χ2v) is 7.34. The van der Waals surface area contributed by atoms with E-state index in [9.17, 15) is 14.7 Å². The number of phenols is 1. The van der Waals surface area contributed by atoms with Gasteiger partial charge in [0.2, 0.25) is 0 Å². The topological polar surface area (TPSA) is 54.4 Å². The van der Waals surface area contributed by atoms with Gasteiger partial charge in [-0.05, 0) is 36.1 Å². The molecule has 1 aromatic rings. The van der Waals surface area contributed by atoms with Crippen LogP contribution < -0.4 is 0 Å². The summed E-state index contributed by atoms with van der Waals surface area (Å²) in [5.74, 6) is -0.728. The van der Waals surface area contributed by atoms with Gasteiger partial charge in [-0.15, -0.1) is 0 Å². The van der Waals surface area contributed by atoms with E-state index in [-0.39, 0.29) is 17.3 Å². The van der Waals surface area contributed by atoms with Crippen molar-refractivity contribution in [1.82, 2.24) is 0 Å². The number of Topliss-reactive ketones (excluding diaryl/α,β-unsaturated/α-hetero) is 2. The third-order valence-corrected chi connectivity index (χ3v) is 4.56. The molecule has 0 unspecified atom stereocenters. The van der Waals surface area contributed by atoms with Crippen LogP contribution in [0.2, 0.25) is 0 Å². The molecule has 1 aliphatic rings. The molecule has 0 aromatic heterocycles. The van der Waals surface area contributed by atoms with Crippen molar-refractivity contribution in [3.8, 4) is 5.75 Å². The summed E-state index contributed by atoms with van der Waals surface area (Å²) < 4.78 is 0. The molecule has 2 rings (SSSR count). The summed E-state index contributed by atoms with van der Waals surface area (Å²) in [6, 6.07) is 4.99. The Morgan fingerprint density at radius 1 is 1.10 bits per heavy atom. The second-order valence-electron chi connectivity index (χ2n) is 7.34. The number of aromatic hydroxyl groups is 1. The number of hydrogen-bond acceptors (Lipinski definition) is 3. The van der Waals surface area contributed by atoms with Gasteiger partial charge in [-0.2, -0.15) is 0 Å². The molecule has 0 heterocycles. The van der Waals surface area contributed by atoms with E-state index >= 15 is 0 Å². The van der Waals surface area contributed by atoms with E-state index in [0.29, 0.717) is 12.0 Å². The highest BCUT2D eigenvalue weighted by molar-refractivity contribution is 6.14. The Balaban J connectivity index is 2.62. The minimum absolute atomic E-state index is 0.0351. The van der Waals surface area contributed by atoms with Crippen molar-refractivity contribution in [3.05, 3.63) is 29.3 Å². The molecule has 21 heavy (non-hydrogen) atoms. The maximum Gasteiger partial charge on any atom is 0.153 e. The normalized spacial score (nSPS) is 21.6. The Hall–Kier alpha value is -1.64. The maximum absolute atomic E-state index is 12.8. The molecule has 0 aliphatic heterocycles.